The van der Waals surface area contributed by atoms with Gasteiger partial charge in [0.15, 0.2) is 17.2 Å². The van der Waals surface area contributed by atoms with Crippen LogP contribution < -0.4 is 5.73 Å². The van der Waals surface area contributed by atoms with Crippen molar-refractivity contribution >= 4 is 11.6 Å². The number of rotatable bonds is 27. The van der Waals surface area contributed by atoms with Gasteiger partial charge >= 0.3 is 0 Å². The van der Waals surface area contributed by atoms with Crippen LogP contribution in [0.1, 0.15) is 168 Å². The minimum atomic E-state index is -1.96. The molecule has 34 heavy (non-hydrogen) atoms. The molecule has 0 aromatic rings. The Morgan fingerprint density at radius 2 is 0.735 bits per heavy atom. The Morgan fingerprint density at radius 3 is 0.971 bits per heavy atom. The molecule has 0 atom stereocenters. The van der Waals surface area contributed by atoms with Crippen LogP contribution in [0.25, 0.3) is 0 Å². The van der Waals surface area contributed by atoms with Gasteiger partial charge in [-0.25, -0.2) is 0 Å². The quantitative estimate of drug-likeness (QED) is 0.0914. The Kier molecular flexibility index (Phi) is 23.5. The molecule has 0 heterocycles. The number of carbonyl (C=O) groups excluding carboxylic acids is 2. The smallest absolute Gasteiger partial charge is 0.193 e. The first kappa shape index (κ1) is 33.3. The Bertz CT molecular complexity index is 440. The molecule has 0 aliphatic carbocycles. The highest BCUT2D eigenvalue weighted by Crippen LogP contribution is 2.18. The fourth-order valence-electron chi connectivity index (χ4n) is 4.70. The van der Waals surface area contributed by atoms with Crippen molar-refractivity contribution in [2.75, 3.05) is 6.54 Å². The fourth-order valence-corrected chi connectivity index (χ4v) is 4.70. The van der Waals surface area contributed by atoms with Gasteiger partial charge in [-0.3, -0.25) is 9.59 Å². The van der Waals surface area contributed by atoms with Crippen molar-refractivity contribution in [3.05, 3.63) is 0 Å². The van der Waals surface area contributed by atoms with Crippen molar-refractivity contribution in [3.8, 4) is 0 Å². The minimum Gasteiger partial charge on any atom is -0.374 e. The van der Waals surface area contributed by atoms with Crippen LogP contribution in [0.4, 0.5) is 0 Å². The second-order valence-electron chi connectivity index (χ2n) is 10.5. The normalized spacial score (nSPS) is 11.8. The topological polar surface area (TPSA) is 80.4 Å². The highest BCUT2D eigenvalue weighted by atomic mass is 16.3. The second kappa shape index (κ2) is 24.0. The maximum atomic E-state index is 12.5. The van der Waals surface area contributed by atoms with Gasteiger partial charge in [0.05, 0.1) is 0 Å². The van der Waals surface area contributed by atoms with Gasteiger partial charge in [0.25, 0.3) is 0 Å². The predicted octanol–water partition coefficient (Wildman–Crippen LogP) is 8.22. The van der Waals surface area contributed by atoms with Gasteiger partial charge in [-0.1, -0.05) is 142 Å². The Labute approximate surface area is 212 Å². The molecular weight excluding hydrogens is 422 g/mol. The van der Waals surface area contributed by atoms with Gasteiger partial charge in [0, 0.05) is 19.4 Å². The van der Waals surface area contributed by atoms with Crippen LogP contribution in [0.2, 0.25) is 0 Å². The van der Waals surface area contributed by atoms with Crippen LogP contribution in [-0.2, 0) is 9.59 Å². The van der Waals surface area contributed by atoms with Gasteiger partial charge in [0.2, 0.25) is 0 Å². The molecule has 0 saturated heterocycles. The standard InChI is InChI=1S/C30H59NO3/c1-3-5-7-9-11-13-15-17-19-21-23-25-28(32)30(34,27-31)29(33)26-24-22-20-18-16-14-12-10-8-6-4-2/h34H,3-27,31H2,1-2H3. The van der Waals surface area contributed by atoms with Crippen molar-refractivity contribution in [1.82, 2.24) is 0 Å². The number of unbranched alkanes of at least 4 members (excludes halogenated alkanes) is 20. The predicted molar refractivity (Wildman–Crippen MR) is 146 cm³/mol. The third-order valence-corrected chi connectivity index (χ3v) is 7.23. The lowest BCUT2D eigenvalue weighted by molar-refractivity contribution is -0.150. The molecule has 0 aromatic heterocycles. The molecule has 0 radical (unpaired) electrons. The average Bonchev–Trinajstić information content (AvgIpc) is 2.84. The van der Waals surface area contributed by atoms with E-state index in [0.29, 0.717) is 0 Å². The minimum absolute atomic E-state index is 0.259. The fraction of sp³-hybridized carbons (Fsp3) is 0.933. The number of nitrogens with two attached hydrogens (primary N) is 1. The summed E-state index contributed by atoms with van der Waals surface area (Å²) in [6.07, 6.45) is 27.2. The first-order chi connectivity index (χ1) is 16.5. The van der Waals surface area contributed by atoms with Crippen LogP contribution in [0.15, 0.2) is 0 Å². The lowest BCUT2D eigenvalue weighted by atomic mass is 9.87. The number of ketones is 2. The lowest BCUT2D eigenvalue weighted by Gasteiger charge is -2.23. The molecule has 0 fully saturated rings. The molecule has 0 unspecified atom stereocenters. The molecule has 0 amide bonds. The molecular formula is C30H59NO3. The second-order valence-corrected chi connectivity index (χ2v) is 10.5. The average molecular weight is 482 g/mol. The van der Waals surface area contributed by atoms with Crippen LogP contribution in [-0.4, -0.2) is 28.8 Å². The summed E-state index contributed by atoms with van der Waals surface area (Å²) in [7, 11) is 0. The third kappa shape index (κ3) is 17.7. The largest absolute Gasteiger partial charge is 0.374 e. The van der Waals surface area contributed by atoms with Gasteiger partial charge in [-0.2, -0.15) is 0 Å². The summed E-state index contributed by atoms with van der Waals surface area (Å²) in [6, 6.07) is 0. The van der Waals surface area contributed by atoms with Gasteiger partial charge < -0.3 is 10.8 Å². The van der Waals surface area contributed by atoms with Crippen molar-refractivity contribution in [2.45, 2.75) is 174 Å². The zero-order valence-corrected chi connectivity index (χ0v) is 23.0. The Hall–Kier alpha value is -0.740. The summed E-state index contributed by atoms with van der Waals surface area (Å²) < 4.78 is 0. The molecule has 0 bridgehead atoms. The molecule has 0 aliphatic heterocycles. The van der Waals surface area contributed by atoms with E-state index in [4.69, 9.17) is 5.73 Å². The highest BCUT2D eigenvalue weighted by molar-refractivity contribution is 6.10. The maximum Gasteiger partial charge on any atom is 0.193 e. The molecule has 4 heteroatoms. The third-order valence-electron chi connectivity index (χ3n) is 7.23. The van der Waals surface area contributed by atoms with Gasteiger partial charge in [0.1, 0.15) is 0 Å². The van der Waals surface area contributed by atoms with Crippen LogP contribution in [0, 0.1) is 0 Å². The van der Waals surface area contributed by atoms with Crippen molar-refractivity contribution in [3.63, 3.8) is 0 Å². The zero-order chi connectivity index (χ0) is 25.3. The Balaban J connectivity index is 3.80. The van der Waals surface area contributed by atoms with Crippen LogP contribution in [0.3, 0.4) is 0 Å². The van der Waals surface area contributed by atoms with Crippen molar-refractivity contribution in [1.29, 1.82) is 0 Å². The van der Waals surface area contributed by atoms with Gasteiger partial charge in [-0.05, 0) is 12.8 Å². The van der Waals surface area contributed by atoms with E-state index in [9.17, 15) is 14.7 Å². The summed E-state index contributed by atoms with van der Waals surface area (Å²) in [5.41, 5.74) is 3.71. The van der Waals surface area contributed by atoms with Crippen molar-refractivity contribution < 1.29 is 14.7 Å². The molecule has 3 N–H and O–H groups in total. The summed E-state index contributed by atoms with van der Waals surface area (Å²) in [6.45, 7) is 4.20. The summed E-state index contributed by atoms with van der Waals surface area (Å²) >= 11 is 0. The van der Waals surface area contributed by atoms with Crippen LogP contribution in [0.5, 0.6) is 0 Å². The lowest BCUT2D eigenvalue weighted by Crippen LogP contribution is -2.52. The molecule has 0 aliphatic rings. The van der Waals surface area contributed by atoms with E-state index in [2.05, 4.69) is 13.8 Å². The number of aliphatic hydroxyl groups is 1. The summed E-state index contributed by atoms with van der Waals surface area (Å²) in [5, 5.41) is 10.7. The van der Waals surface area contributed by atoms with E-state index in [1.54, 1.807) is 0 Å². The SMILES string of the molecule is CCCCCCCCCCCCCC(=O)C(O)(CN)C(=O)CCCCCCCCCCCCC. The maximum absolute atomic E-state index is 12.5. The summed E-state index contributed by atoms with van der Waals surface area (Å²) in [4.78, 5) is 25.1. The molecule has 0 spiro atoms. The molecule has 0 aromatic carbocycles. The number of hydrogen-bond donors (Lipinski definition) is 2. The van der Waals surface area contributed by atoms with E-state index in [1.165, 1.54) is 103 Å². The van der Waals surface area contributed by atoms with E-state index in [-0.39, 0.29) is 31.0 Å². The molecule has 0 saturated carbocycles. The molecule has 0 rings (SSSR count). The number of carbonyl (C=O) groups is 2. The van der Waals surface area contributed by atoms with Crippen LogP contribution >= 0.6 is 0 Å². The number of Topliss-reactive ketones (excluding diaryl/α,β-unsaturated/α-hetero) is 2. The molecule has 4 nitrogen and oxygen atoms in total. The molecule has 202 valence electrons. The first-order valence-electron chi connectivity index (χ1n) is 15.0. The first-order valence-corrected chi connectivity index (χ1v) is 15.0. The number of hydrogen-bond acceptors (Lipinski definition) is 4. The van der Waals surface area contributed by atoms with Crippen molar-refractivity contribution in [2.24, 2.45) is 5.73 Å². The van der Waals surface area contributed by atoms with Gasteiger partial charge in [-0.15, -0.1) is 0 Å². The Morgan fingerprint density at radius 1 is 0.500 bits per heavy atom. The summed E-state index contributed by atoms with van der Waals surface area (Å²) in [5.74, 6) is -0.752. The monoisotopic (exact) mass is 481 g/mol. The zero-order valence-electron chi connectivity index (χ0n) is 23.0. The highest BCUT2D eigenvalue weighted by Gasteiger charge is 2.40. The van der Waals surface area contributed by atoms with E-state index in [0.717, 1.165) is 38.5 Å². The van der Waals surface area contributed by atoms with E-state index < -0.39 is 5.60 Å². The van der Waals surface area contributed by atoms with E-state index in [1.807, 2.05) is 0 Å². The van der Waals surface area contributed by atoms with E-state index >= 15 is 0 Å².